The second-order valence-electron chi connectivity index (χ2n) is 8.13. The van der Waals surface area contributed by atoms with Crippen molar-refractivity contribution >= 4 is 11.8 Å². The van der Waals surface area contributed by atoms with Crippen LogP contribution in [0.3, 0.4) is 0 Å². The van der Waals surface area contributed by atoms with E-state index < -0.39 is 0 Å². The number of carbonyl (C=O) groups excluding carboxylic acids is 2. The van der Waals surface area contributed by atoms with Gasteiger partial charge in [-0.3, -0.25) is 14.6 Å². The lowest BCUT2D eigenvalue weighted by molar-refractivity contribution is -0.123. The standard InChI is InChI=1S/C20H27N3O2/c1-13-2-4-16(11-21-13)20(25)23-7-6-18(12-23)22-19(24)10-17-9-14-3-5-15(17)8-14/h2,4,11,14-15,17-18H,3,5-10,12H2,1H3,(H,22,24)/t14?,15?,17?,18-/m1/s1. The van der Waals surface area contributed by atoms with Crippen LogP contribution >= 0.6 is 0 Å². The number of fused-ring (bicyclic) bond motifs is 2. The molecule has 3 fully saturated rings. The number of aryl methyl sites for hydroxylation is 1. The van der Waals surface area contributed by atoms with Gasteiger partial charge in [0.15, 0.2) is 0 Å². The maximum Gasteiger partial charge on any atom is 0.255 e. The summed E-state index contributed by atoms with van der Waals surface area (Å²) in [6.07, 6.45) is 8.43. The van der Waals surface area contributed by atoms with E-state index in [0.29, 0.717) is 31.0 Å². The van der Waals surface area contributed by atoms with Crippen LogP contribution in [0.15, 0.2) is 18.3 Å². The van der Waals surface area contributed by atoms with Crippen molar-refractivity contribution in [2.75, 3.05) is 13.1 Å². The van der Waals surface area contributed by atoms with E-state index >= 15 is 0 Å². The molecule has 5 heteroatoms. The molecular weight excluding hydrogens is 314 g/mol. The third-order valence-corrected chi connectivity index (χ3v) is 6.33. The molecule has 3 aliphatic rings. The minimum atomic E-state index is 0.0114. The van der Waals surface area contributed by atoms with Gasteiger partial charge < -0.3 is 10.2 Å². The Kier molecular flexibility index (Phi) is 4.48. The van der Waals surface area contributed by atoms with Gasteiger partial charge in [-0.05, 0) is 62.5 Å². The van der Waals surface area contributed by atoms with Gasteiger partial charge in [0.1, 0.15) is 0 Å². The Morgan fingerprint density at radius 3 is 2.80 bits per heavy atom. The fourth-order valence-electron chi connectivity index (χ4n) is 4.99. The molecule has 25 heavy (non-hydrogen) atoms. The third kappa shape index (κ3) is 3.55. The van der Waals surface area contributed by atoms with Gasteiger partial charge in [-0.25, -0.2) is 0 Å². The number of aromatic nitrogens is 1. The minimum Gasteiger partial charge on any atom is -0.352 e. The van der Waals surface area contributed by atoms with Crippen molar-refractivity contribution < 1.29 is 9.59 Å². The van der Waals surface area contributed by atoms with Crippen LogP contribution in [0.4, 0.5) is 0 Å². The number of carbonyl (C=O) groups is 2. The molecule has 2 bridgehead atoms. The minimum absolute atomic E-state index is 0.0114. The second-order valence-corrected chi connectivity index (χ2v) is 8.13. The highest BCUT2D eigenvalue weighted by Gasteiger charge is 2.40. The number of nitrogens with one attached hydrogen (secondary N) is 1. The van der Waals surface area contributed by atoms with Gasteiger partial charge in [0.2, 0.25) is 5.91 Å². The molecule has 2 amide bonds. The van der Waals surface area contributed by atoms with Crippen molar-refractivity contribution in [2.45, 2.75) is 51.5 Å². The van der Waals surface area contributed by atoms with Crippen molar-refractivity contribution in [3.63, 3.8) is 0 Å². The Labute approximate surface area is 149 Å². The summed E-state index contributed by atoms with van der Waals surface area (Å²) in [6, 6.07) is 3.78. The van der Waals surface area contributed by atoms with E-state index in [2.05, 4.69) is 10.3 Å². The average Bonchev–Trinajstić information content (AvgIpc) is 3.31. The quantitative estimate of drug-likeness (QED) is 0.915. The highest BCUT2D eigenvalue weighted by atomic mass is 16.2. The molecule has 1 aliphatic heterocycles. The largest absolute Gasteiger partial charge is 0.352 e. The van der Waals surface area contributed by atoms with Crippen molar-refractivity contribution in [1.82, 2.24) is 15.2 Å². The first-order chi connectivity index (χ1) is 12.1. The Morgan fingerprint density at radius 2 is 2.12 bits per heavy atom. The molecule has 1 saturated heterocycles. The average molecular weight is 341 g/mol. The lowest BCUT2D eigenvalue weighted by Gasteiger charge is -2.22. The molecule has 0 radical (unpaired) electrons. The highest BCUT2D eigenvalue weighted by molar-refractivity contribution is 5.94. The molecule has 2 aliphatic carbocycles. The van der Waals surface area contributed by atoms with E-state index in [-0.39, 0.29) is 17.9 Å². The number of hydrogen-bond donors (Lipinski definition) is 1. The molecule has 1 aromatic heterocycles. The molecule has 0 spiro atoms. The number of rotatable bonds is 4. The second kappa shape index (κ2) is 6.77. The lowest BCUT2D eigenvalue weighted by atomic mass is 9.86. The Hall–Kier alpha value is -1.91. The number of nitrogens with zero attached hydrogens (tertiary/aromatic N) is 2. The Bertz CT molecular complexity index is 657. The van der Waals surface area contributed by atoms with Crippen LogP contribution in [0.2, 0.25) is 0 Å². The Morgan fingerprint density at radius 1 is 1.24 bits per heavy atom. The van der Waals surface area contributed by atoms with Crippen molar-refractivity contribution in [2.24, 2.45) is 17.8 Å². The van der Waals surface area contributed by atoms with Crippen LogP contribution in [0.1, 0.15) is 54.6 Å². The number of amides is 2. The molecule has 3 unspecified atom stereocenters. The van der Waals surface area contributed by atoms with E-state index in [4.69, 9.17) is 0 Å². The highest BCUT2D eigenvalue weighted by Crippen LogP contribution is 2.49. The van der Waals surface area contributed by atoms with Gasteiger partial charge in [-0.2, -0.15) is 0 Å². The maximum absolute atomic E-state index is 12.5. The summed E-state index contributed by atoms with van der Waals surface area (Å²) < 4.78 is 0. The summed E-state index contributed by atoms with van der Waals surface area (Å²) in [5.41, 5.74) is 1.53. The van der Waals surface area contributed by atoms with Crippen molar-refractivity contribution in [3.05, 3.63) is 29.6 Å². The van der Waals surface area contributed by atoms with E-state index in [9.17, 15) is 9.59 Å². The van der Waals surface area contributed by atoms with E-state index in [1.54, 1.807) is 6.20 Å². The molecule has 5 nitrogen and oxygen atoms in total. The molecule has 134 valence electrons. The fraction of sp³-hybridized carbons (Fsp3) is 0.650. The molecule has 1 N–H and O–H groups in total. The summed E-state index contributed by atoms with van der Waals surface area (Å²) in [7, 11) is 0. The zero-order valence-corrected chi connectivity index (χ0v) is 14.9. The van der Waals surface area contributed by atoms with Crippen LogP contribution in [-0.4, -0.2) is 40.8 Å². The van der Waals surface area contributed by atoms with Crippen LogP contribution in [-0.2, 0) is 4.79 Å². The van der Waals surface area contributed by atoms with Gasteiger partial charge >= 0.3 is 0 Å². The van der Waals surface area contributed by atoms with Gasteiger partial charge in [-0.15, -0.1) is 0 Å². The predicted molar refractivity (Wildman–Crippen MR) is 95.0 cm³/mol. The summed E-state index contributed by atoms with van der Waals surface area (Å²) in [4.78, 5) is 30.9. The first kappa shape index (κ1) is 16.6. The maximum atomic E-state index is 12.5. The molecular formula is C20H27N3O2. The van der Waals surface area contributed by atoms with Crippen LogP contribution < -0.4 is 5.32 Å². The van der Waals surface area contributed by atoms with Gasteiger partial charge in [-0.1, -0.05) is 6.42 Å². The molecule has 0 aromatic carbocycles. The van der Waals surface area contributed by atoms with Gasteiger partial charge in [0, 0.05) is 37.4 Å². The van der Waals surface area contributed by atoms with Crippen molar-refractivity contribution in [3.8, 4) is 0 Å². The lowest BCUT2D eigenvalue weighted by Crippen LogP contribution is -2.39. The van der Waals surface area contributed by atoms with Crippen LogP contribution in [0.25, 0.3) is 0 Å². The number of hydrogen-bond acceptors (Lipinski definition) is 3. The Balaban J connectivity index is 1.26. The van der Waals surface area contributed by atoms with Gasteiger partial charge in [0.05, 0.1) is 5.56 Å². The van der Waals surface area contributed by atoms with E-state index in [0.717, 1.165) is 24.0 Å². The monoisotopic (exact) mass is 341 g/mol. The summed E-state index contributed by atoms with van der Waals surface area (Å²) in [5.74, 6) is 2.44. The van der Waals surface area contributed by atoms with Crippen LogP contribution in [0.5, 0.6) is 0 Å². The summed E-state index contributed by atoms with van der Waals surface area (Å²) >= 11 is 0. The molecule has 2 saturated carbocycles. The van der Waals surface area contributed by atoms with Gasteiger partial charge in [0.25, 0.3) is 5.91 Å². The SMILES string of the molecule is Cc1ccc(C(=O)N2CC[C@@H](NC(=O)CC3CC4CCC3C4)C2)cn1. The number of pyridine rings is 1. The normalized spacial score (nSPS) is 30.7. The third-order valence-electron chi connectivity index (χ3n) is 6.33. The van der Waals surface area contributed by atoms with Crippen molar-refractivity contribution in [1.29, 1.82) is 0 Å². The fourth-order valence-corrected chi connectivity index (χ4v) is 4.99. The predicted octanol–water partition coefficient (Wildman–Crippen LogP) is 2.55. The smallest absolute Gasteiger partial charge is 0.255 e. The zero-order valence-electron chi connectivity index (χ0n) is 14.9. The topological polar surface area (TPSA) is 62.3 Å². The number of likely N-dealkylation sites (tertiary alicyclic amines) is 1. The first-order valence-electron chi connectivity index (χ1n) is 9.60. The molecule has 4 atom stereocenters. The first-order valence-corrected chi connectivity index (χ1v) is 9.60. The summed E-state index contributed by atoms with van der Waals surface area (Å²) in [6.45, 7) is 3.22. The molecule has 4 rings (SSSR count). The molecule has 1 aromatic rings. The zero-order chi connectivity index (χ0) is 17.4. The summed E-state index contributed by atoms with van der Waals surface area (Å²) in [5, 5.41) is 3.16. The van der Waals surface area contributed by atoms with E-state index in [1.165, 1.54) is 25.7 Å². The van der Waals surface area contributed by atoms with Crippen LogP contribution in [0, 0.1) is 24.7 Å². The molecule has 2 heterocycles. The van der Waals surface area contributed by atoms with E-state index in [1.807, 2.05) is 24.0 Å².